The van der Waals surface area contributed by atoms with Crippen molar-refractivity contribution >= 4 is 28.3 Å². The second kappa shape index (κ2) is 13.6. The first kappa shape index (κ1) is 31.0. The van der Waals surface area contributed by atoms with Crippen molar-refractivity contribution in [2.45, 2.75) is 31.6 Å². The van der Waals surface area contributed by atoms with E-state index in [9.17, 15) is 0 Å². The molecular weight excluding hydrogens is 581 g/mol. The molecule has 2 nitrogen and oxygen atoms in total. The van der Waals surface area contributed by atoms with E-state index in [2.05, 4.69) is 194 Å². The highest BCUT2D eigenvalue weighted by Gasteiger charge is 2.48. The molecule has 0 aromatic heterocycles. The van der Waals surface area contributed by atoms with Crippen LogP contribution in [0.4, 0.5) is 22.7 Å². The van der Waals surface area contributed by atoms with Gasteiger partial charge in [-0.2, -0.15) is 0 Å². The molecule has 236 valence electrons. The van der Waals surface area contributed by atoms with Crippen molar-refractivity contribution in [3.8, 4) is 0 Å². The van der Waals surface area contributed by atoms with Crippen LogP contribution < -0.4 is 9.80 Å². The molecule has 48 heavy (non-hydrogen) atoms. The lowest BCUT2D eigenvalue weighted by atomic mass is 9.67. The molecule has 1 unspecified atom stereocenters. The highest BCUT2D eigenvalue weighted by Crippen LogP contribution is 2.58. The molecule has 0 saturated heterocycles. The van der Waals surface area contributed by atoms with Crippen LogP contribution in [-0.4, -0.2) is 7.05 Å². The minimum absolute atomic E-state index is 0.518. The average molecular weight is 623 g/mol. The summed E-state index contributed by atoms with van der Waals surface area (Å²) in [6.07, 6.45) is 14.9. The lowest BCUT2D eigenvalue weighted by molar-refractivity contribution is 0.762. The maximum Gasteiger partial charge on any atom is 0.0704 e. The first-order valence-electron chi connectivity index (χ1n) is 17.0. The third-order valence-electron chi connectivity index (χ3n) is 9.77. The van der Waals surface area contributed by atoms with Gasteiger partial charge in [0.05, 0.1) is 5.41 Å². The van der Waals surface area contributed by atoms with Crippen LogP contribution >= 0.6 is 0 Å². The molecule has 7 rings (SSSR count). The Morgan fingerprint density at radius 1 is 0.625 bits per heavy atom. The fourth-order valence-electron chi connectivity index (χ4n) is 7.42. The lowest BCUT2D eigenvalue weighted by Crippen LogP contribution is -2.29. The Morgan fingerprint density at radius 2 is 1.17 bits per heavy atom. The summed E-state index contributed by atoms with van der Waals surface area (Å²) >= 11 is 0. The van der Waals surface area contributed by atoms with Crippen molar-refractivity contribution in [3.05, 3.63) is 210 Å². The number of benzene rings is 5. The van der Waals surface area contributed by atoms with Gasteiger partial charge in [-0.15, -0.1) is 0 Å². The number of rotatable bonds is 9. The van der Waals surface area contributed by atoms with E-state index in [4.69, 9.17) is 6.58 Å². The van der Waals surface area contributed by atoms with Gasteiger partial charge >= 0.3 is 0 Å². The minimum atomic E-state index is -0.518. The predicted octanol–water partition coefficient (Wildman–Crippen LogP) is 12.1. The van der Waals surface area contributed by atoms with Gasteiger partial charge in [0.25, 0.3) is 0 Å². The number of nitrogens with zero attached hydrogens (tertiary/aromatic N) is 2. The summed E-state index contributed by atoms with van der Waals surface area (Å²) in [6, 6.07) is 49.8. The summed E-state index contributed by atoms with van der Waals surface area (Å²) in [7, 11) is 2.13. The van der Waals surface area contributed by atoms with Gasteiger partial charge in [0, 0.05) is 35.5 Å². The molecule has 1 atom stereocenters. The maximum atomic E-state index is 4.91. The molecule has 0 fully saturated rings. The molecule has 0 amide bonds. The van der Waals surface area contributed by atoms with Crippen molar-refractivity contribution in [3.63, 3.8) is 0 Å². The number of allylic oxidation sites excluding steroid dienone is 8. The largest absolute Gasteiger partial charge is 0.345 e. The highest BCUT2D eigenvalue weighted by molar-refractivity contribution is 5.94. The molecule has 0 heterocycles. The quantitative estimate of drug-likeness (QED) is 0.151. The van der Waals surface area contributed by atoms with Crippen LogP contribution in [0.3, 0.4) is 0 Å². The Hall–Kier alpha value is -5.60. The summed E-state index contributed by atoms with van der Waals surface area (Å²) in [5.74, 6) is 0. The first-order valence-corrected chi connectivity index (χ1v) is 17.0. The Kier molecular flexibility index (Phi) is 8.81. The van der Waals surface area contributed by atoms with E-state index in [-0.39, 0.29) is 0 Å². The summed E-state index contributed by atoms with van der Waals surface area (Å²) in [5.41, 5.74) is 12.7. The van der Waals surface area contributed by atoms with Gasteiger partial charge in [0.1, 0.15) is 0 Å². The molecule has 5 aromatic rings. The maximum absolute atomic E-state index is 4.91. The molecular formula is C46H42N2. The summed E-state index contributed by atoms with van der Waals surface area (Å²) in [5, 5.41) is 0. The van der Waals surface area contributed by atoms with Gasteiger partial charge in [-0.3, -0.25) is 0 Å². The molecule has 0 spiro atoms. The van der Waals surface area contributed by atoms with Gasteiger partial charge < -0.3 is 9.80 Å². The SMILES string of the molecule is C=C(/C=C\C(=C/C)N(c1ccccc1)c1ccccc1)C1(c2ccc(N(C)c3ccccc3)cc2)C2=CCCCC=C2c2ccccc21. The number of hydrogen-bond acceptors (Lipinski definition) is 2. The van der Waals surface area contributed by atoms with Crippen LogP contribution in [0.2, 0.25) is 0 Å². The van der Waals surface area contributed by atoms with Crippen LogP contribution in [-0.2, 0) is 5.41 Å². The van der Waals surface area contributed by atoms with Gasteiger partial charge in [0.2, 0.25) is 0 Å². The molecule has 2 aliphatic rings. The number of fused-ring (bicyclic) bond motifs is 3. The molecule has 0 saturated carbocycles. The molecule has 0 N–H and O–H groups in total. The third-order valence-corrected chi connectivity index (χ3v) is 9.77. The van der Waals surface area contributed by atoms with Crippen LogP contribution in [0.15, 0.2) is 193 Å². The number of hydrogen-bond donors (Lipinski definition) is 0. The van der Waals surface area contributed by atoms with Gasteiger partial charge in [-0.1, -0.05) is 122 Å². The summed E-state index contributed by atoms with van der Waals surface area (Å²) in [4.78, 5) is 4.55. The molecule has 0 bridgehead atoms. The molecule has 2 heteroatoms. The van der Waals surface area contributed by atoms with Crippen LogP contribution in [0.5, 0.6) is 0 Å². The molecule has 5 aromatic carbocycles. The average Bonchev–Trinajstić information content (AvgIpc) is 3.25. The topological polar surface area (TPSA) is 6.48 Å². The Morgan fingerprint density at radius 3 is 1.79 bits per heavy atom. The Balaban J connectivity index is 1.36. The summed E-state index contributed by atoms with van der Waals surface area (Å²) in [6.45, 7) is 7.02. The van der Waals surface area contributed by atoms with Gasteiger partial charge in [0.15, 0.2) is 0 Å². The summed E-state index contributed by atoms with van der Waals surface area (Å²) < 4.78 is 0. The third kappa shape index (κ3) is 5.54. The van der Waals surface area contributed by atoms with Crippen LogP contribution in [0.1, 0.15) is 42.9 Å². The van der Waals surface area contributed by atoms with Crippen LogP contribution in [0, 0.1) is 0 Å². The van der Waals surface area contributed by atoms with E-state index >= 15 is 0 Å². The smallest absolute Gasteiger partial charge is 0.0704 e. The second-order valence-electron chi connectivity index (χ2n) is 12.5. The zero-order valence-electron chi connectivity index (χ0n) is 27.9. The van der Waals surface area contributed by atoms with Gasteiger partial charge in [-0.05, 0) is 114 Å². The highest BCUT2D eigenvalue weighted by atomic mass is 15.1. The number of para-hydroxylation sites is 3. The lowest BCUT2D eigenvalue weighted by Gasteiger charge is -2.35. The minimum Gasteiger partial charge on any atom is -0.345 e. The normalized spacial score (nSPS) is 17.2. The van der Waals surface area contributed by atoms with E-state index in [1.54, 1.807) is 0 Å². The Bertz CT molecular complexity index is 1980. The fourth-order valence-corrected chi connectivity index (χ4v) is 7.42. The predicted molar refractivity (Wildman–Crippen MR) is 205 cm³/mol. The van der Waals surface area contributed by atoms with Crippen molar-refractivity contribution in [2.24, 2.45) is 0 Å². The monoisotopic (exact) mass is 622 g/mol. The van der Waals surface area contributed by atoms with E-state index in [1.807, 2.05) is 0 Å². The zero-order valence-corrected chi connectivity index (χ0v) is 27.9. The van der Waals surface area contributed by atoms with E-state index in [0.29, 0.717) is 0 Å². The second-order valence-corrected chi connectivity index (χ2v) is 12.5. The molecule has 2 aliphatic carbocycles. The van der Waals surface area contributed by atoms with Crippen LogP contribution in [0.25, 0.3) is 5.57 Å². The molecule has 0 radical (unpaired) electrons. The van der Waals surface area contributed by atoms with Crippen molar-refractivity contribution in [1.29, 1.82) is 0 Å². The van der Waals surface area contributed by atoms with Crippen molar-refractivity contribution in [1.82, 2.24) is 0 Å². The standard InChI is InChI=1S/C46H42N2/c1-4-37(48(40-21-11-6-12-22-40)41-23-13-7-14-24-41)32-29-35(2)46(36-30-33-39(34-31-36)47(3)38-19-9-5-10-20-38)44-27-16-8-15-25-42(44)43-26-17-18-28-45(43)46/h4-7,9-14,17-34H,2,8,15-16H2,1,3H3/b32-29-,37-4+. The van der Waals surface area contributed by atoms with E-state index < -0.39 is 5.41 Å². The van der Waals surface area contributed by atoms with E-state index in [0.717, 1.165) is 53.3 Å². The van der Waals surface area contributed by atoms with Gasteiger partial charge in [-0.25, -0.2) is 0 Å². The van der Waals surface area contributed by atoms with Crippen molar-refractivity contribution in [2.75, 3.05) is 16.8 Å². The first-order chi connectivity index (χ1) is 23.6. The number of anilines is 4. The molecule has 0 aliphatic heterocycles. The van der Waals surface area contributed by atoms with Crippen molar-refractivity contribution < 1.29 is 0 Å². The Labute approximate surface area is 286 Å². The zero-order chi connectivity index (χ0) is 32.9. The van der Waals surface area contributed by atoms with E-state index in [1.165, 1.54) is 27.8 Å². The fraction of sp³-hybridized carbons (Fsp3) is 0.130.